The largest absolute Gasteiger partial charge is 0.480 e. The van der Waals surface area contributed by atoms with Crippen LogP contribution in [0, 0.1) is 5.92 Å². The van der Waals surface area contributed by atoms with Crippen molar-refractivity contribution in [3.63, 3.8) is 0 Å². The van der Waals surface area contributed by atoms with Gasteiger partial charge in [-0.25, -0.2) is 9.59 Å². The Balaban J connectivity index is 2.67. The Kier molecular flexibility index (Phi) is 5.17. The van der Waals surface area contributed by atoms with Crippen LogP contribution < -0.4 is 5.32 Å². The maximum atomic E-state index is 11.6. The minimum absolute atomic E-state index is 0.459. The van der Waals surface area contributed by atoms with Crippen LogP contribution in [-0.4, -0.2) is 40.0 Å². The second-order valence-corrected chi connectivity index (χ2v) is 5.98. The van der Waals surface area contributed by atoms with Gasteiger partial charge in [0.2, 0.25) is 0 Å². The first-order chi connectivity index (χ1) is 8.70. The molecule has 0 aromatic carbocycles. The minimum atomic E-state index is -1.14. The number of carboxylic acid groups (broad SMARTS) is 1. The Bertz CT molecular complexity index is 336. The average Bonchev–Trinajstić information content (AvgIpc) is 2.24. The Labute approximate surface area is 113 Å². The van der Waals surface area contributed by atoms with Crippen LogP contribution in [0.2, 0.25) is 0 Å². The van der Waals surface area contributed by atoms with Crippen molar-refractivity contribution in [1.82, 2.24) is 5.32 Å². The molecule has 3 N–H and O–H groups in total. The van der Waals surface area contributed by atoms with Crippen LogP contribution in [0.4, 0.5) is 4.79 Å². The number of aliphatic hydroxyl groups is 1. The molecule has 0 saturated heterocycles. The number of hydrogen-bond acceptors (Lipinski definition) is 4. The Morgan fingerprint density at radius 1 is 1.26 bits per heavy atom. The van der Waals surface area contributed by atoms with Gasteiger partial charge in [0.15, 0.2) is 0 Å². The molecule has 0 bridgehead atoms. The fourth-order valence-electron chi connectivity index (χ4n) is 2.32. The highest BCUT2D eigenvalue weighted by Crippen LogP contribution is 2.27. The number of carbonyl (C=O) groups is 2. The molecule has 1 fully saturated rings. The first kappa shape index (κ1) is 15.8. The lowest BCUT2D eigenvalue weighted by Gasteiger charge is -2.32. The first-order valence-electron chi connectivity index (χ1n) is 6.61. The molecule has 110 valence electrons. The normalized spacial score (nSPS) is 25.5. The Hall–Kier alpha value is -1.30. The van der Waals surface area contributed by atoms with Crippen LogP contribution >= 0.6 is 0 Å². The Morgan fingerprint density at radius 2 is 1.84 bits per heavy atom. The third-order valence-corrected chi connectivity index (χ3v) is 3.15. The summed E-state index contributed by atoms with van der Waals surface area (Å²) in [4.78, 5) is 22.9. The molecule has 0 heterocycles. The molecular weight excluding hydrogens is 250 g/mol. The zero-order valence-corrected chi connectivity index (χ0v) is 11.7. The number of carboxylic acids is 1. The highest BCUT2D eigenvalue weighted by atomic mass is 16.6. The van der Waals surface area contributed by atoms with Crippen LogP contribution in [-0.2, 0) is 9.53 Å². The molecule has 0 radical (unpaired) electrons. The van der Waals surface area contributed by atoms with Gasteiger partial charge in [-0.3, -0.25) is 0 Å². The van der Waals surface area contributed by atoms with Crippen molar-refractivity contribution in [2.75, 3.05) is 0 Å². The standard InChI is InChI=1S/C13H23NO5/c1-13(2,3)19-12(18)14-10(11(16)17)8-6-4-5-7-9(8)15/h8-10,15H,4-7H2,1-3H3,(H,14,18)(H,16,17)/t8?,9?,10-/m0/s1. The average molecular weight is 273 g/mol. The molecule has 0 aromatic rings. The van der Waals surface area contributed by atoms with Gasteiger partial charge in [0.25, 0.3) is 0 Å². The smallest absolute Gasteiger partial charge is 0.408 e. The van der Waals surface area contributed by atoms with Crippen molar-refractivity contribution in [2.24, 2.45) is 5.92 Å². The quantitative estimate of drug-likeness (QED) is 0.724. The number of aliphatic hydroxyl groups excluding tert-OH is 1. The molecule has 1 aliphatic carbocycles. The third kappa shape index (κ3) is 5.06. The van der Waals surface area contributed by atoms with E-state index in [-0.39, 0.29) is 0 Å². The number of nitrogens with one attached hydrogen (secondary N) is 1. The number of aliphatic carboxylic acids is 1. The van der Waals surface area contributed by atoms with E-state index in [2.05, 4.69) is 5.32 Å². The van der Waals surface area contributed by atoms with Crippen molar-refractivity contribution in [3.05, 3.63) is 0 Å². The summed E-state index contributed by atoms with van der Waals surface area (Å²) < 4.78 is 5.05. The monoisotopic (exact) mass is 273 g/mol. The zero-order valence-electron chi connectivity index (χ0n) is 11.7. The molecule has 0 aromatic heterocycles. The van der Waals surface area contributed by atoms with E-state index in [9.17, 15) is 19.8 Å². The van der Waals surface area contributed by atoms with E-state index in [0.717, 1.165) is 12.8 Å². The molecule has 1 aliphatic rings. The summed E-state index contributed by atoms with van der Waals surface area (Å²) >= 11 is 0. The molecule has 19 heavy (non-hydrogen) atoms. The molecule has 1 amide bonds. The lowest BCUT2D eigenvalue weighted by molar-refractivity contribution is -0.143. The van der Waals surface area contributed by atoms with Gasteiger partial charge in [0.1, 0.15) is 11.6 Å². The van der Waals surface area contributed by atoms with E-state index in [0.29, 0.717) is 12.8 Å². The van der Waals surface area contributed by atoms with Crippen molar-refractivity contribution >= 4 is 12.1 Å². The predicted molar refractivity (Wildman–Crippen MR) is 68.8 cm³/mol. The Morgan fingerprint density at radius 3 is 2.32 bits per heavy atom. The van der Waals surface area contributed by atoms with Crippen molar-refractivity contribution in [2.45, 2.75) is 64.2 Å². The molecule has 0 spiro atoms. The number of hydrogen-bond donors (Lipinski definition) is 3. The first-order valence-corrected chi connectivity index (χ1v) is 6.61. The van der Waals surface area contributed by atoms with Gasteiger partial charge in [0.05, 0.1) is 6.10 Å². The molecular formula is C13H23NO5. The molecule has 1 rings (SSSR count). The summed E-state index contributed by atoms with van der Waals surface area (Å²) in [6, 6.07) is -1.11. The molecule has 3 atom stereocenters. The van der Waals surface area contributed by atoms with Gasteiger partial charge in [-0.05, 0) is 33.6 Å². The van der Waals surface area contributed by atoms with E-state index >= 15 is 0 Å². The number of amides is 1. The van der Waals surface area contributed by atoms with Gasteiger partial charge in [0, 0.05) is 5.92 Å². The van der Waals surface area contributed by atoms with Gasteiger partial charge >= 0.3 is 12.1 Å². The van der Waals surface area contributed by atoms with Crippen LogP contribution in [0.15, 0.2) is 0 Å². The zero-order chi connectivity index (χ0) is 14.6. The minimum Gasteiger partial charge on any atom is -0.480 e. The summed E-state index contributed by atoms with van der Waals surface area (Å²) in [7, 11) is 0. The lowest BCUT2D eigenvalue weighted by Crippen LogP contribution is -2.51. The second-order valence-electron chi connectivity index (χ2n) is 5.98. The van der Waals surface area contributed by atoms with Crippen molar-refractivity contribution in [1.29, 1.82) is 0 Å². The maximum Gasteiger partial charge on any atom is 0.408 e. The highest BCUT2D eigenvalue weighted by molar-refractivity contribution is 5.80. The highest BCUT2D eigenvalue weighted by Gasteiger charge is 2.37. The van der Waals surface area contributed by atoms with Gasteiger partial charge in [-0.2, -0.15) is 0 Å². The molecule has 0 aliphatic heterocycles. The van der Waals surface area contributed by atoms with E-state index in [1.807, 2.05) is 0 Å². The summed E-state index contributed by atoms with van der Waals surface area (Å²) in [5, 5.41) is 21.4. The molecule has 1 saturated carbocycles. The SMILES string of the molecule is CC(C)(C)OC(=O)N[C@H](C(=O)O)C1CCCCC1O. The number of alkyl carbamates (subject to hydrolysis) is 1. The maximum absolute atomic E-state index is 11.6. The second kappa shape index (κ2) is 6.23. The van der Waals surface area contributed by atoms with E-state index in [4.69, 9.17) is 4.74 Å². The van der Waals surface area contributed by atoms with Gasteiger partial charge in [-0.15, -0.1) is 0 Å². The number of carbonyl (C=O) groups excluding carboxylic acids is 1. The third-order valence-electron chi connectivity index (χ3n) is 3.15. The van der Waals surface area contributed by atoms with Crippen LogP contribution in [0.1, 0.15) is 46.5 Å². The fourth-order valence-corrected chi connectivity index (χ4v) is 2.32. The van der Waals surface area contributed by atoms with Crippen LogP contribution in [0.3, 0.4) is 0 Å². The van der Waals surface area contributed by atoms with Crippen molar-refractivity contribution < 1.29 is 24.5 Å². The summed E-state index contributed by atoms with van der Waals surface area (Å²) in [5.74, 6) is -1.60. The summed E-state index contributed by atoms with van der Waals surface area (Å²) in [6.07, 6.45) is 1.46. The molecule has 6 nitrogen and oxygen atoms in total. The van der Waals surface area contributed by atoms with Crippen LogP contribution in [0.25, 0.3) is 0 Å². The summed E-state index contributed by atoms with van der Waals surface area (Å²) in [5.41, 5.74) is -0.682. The van der Waals surface area contributed by atoms with Crippen LogP contribution in [0.5, 0.6) is 0 Å². The van der Waals surface area contributed by atoms with Crippen molar-refractivity contribution in [3.8, 4) is 0 Å². The van der Waals surface area contributed by atoms with E-state index in [1.165, 1.54) is 0 Å². The van der Waals surface area contributed by atoms with E-state index < -0.39 is 35.7 Å². The fraction of sp³-hybridized carbons (Fsp3) is 0.846. The lowest BCUT2D eigenvalue weighted by atomic mass is 9.81. The van der Waals surface area contributed by atoms with E-state index in [1.54, 1.807) is 20.8 Å². The van der Waals surface area contributed by atoms with Gasteiger partial charge in [-0.1, -0.05) is 12.8 Å². The summed E-state index contributed by atoms with van der Waals surface area (Å²) in [6.45, 7) is 5.12. The number of rotatable bonds is 3. The predicted octanol–water partition coefficient (Wildman–Crippen LogP) is 1.52. The molecule has 2 unspecified atom stereocenters. The topological polar surface area (TPSA) is 95.9 Å². The number of ether oxygens (including phenoxy) is 1. The van der Waals surface area contributed by atoms with Gasteiger partial charge < -0.3 is 20.3 Å². The molecule has 6 heteroatoms.